The van der Waals surface area contributed by atoms with Gasteiger partial charge in [-0.25, -0.2) is 15.0 Å². The van der Waals surface area contributed by atoms with E-state index < -0.39 is 0 Å². The molecule has 2 aromatic heterocycles. The second-order valence-corrected chi connectivity index (χ2v) is 10.2. The molecule has 0 atom stereocenters. The van der Waals surface area contributed by atoms with Crippen molar-refractivity contribution in [3.05, 3.63) is 48.1 Å². The number of nitrogens with zero attached hydrogens (tertiary/aromatic N) is 6. The normalized spacial score (nSPS) is 17.1. The lowest BCUT2D eigenvalue weighted by molar-refractivity contribution is 0.188. The number of aliphatic hydroxyl groups excluding tert-OH is 1. The molecular weight excluding hydrogens is 414 g/mol. The SMILES string of the molecule is C=C(CC(C)(C)C)N1CCc2nc(Nc3ccc(N4CCN(CCO)CC4)nc3)ncc2C1. The predicted octanol–water partition coefficient (Wildman–Crippen LogP) is 3.04. The van der Waals surface area contributed by atoms with Crippen LogP contribution >= 0.6 is 0 Å². The average Bonchev–Trinajstić information content (AvgIpc) is 2.79. The highest BCUT2D eigenvalue weighted by Gasteiger charge is 2.22. The van der Waals surface area contributed by atoms with Gasteiger partial charge in [0, 0.05) is 69.7 Å². The number of hydrogen-bond acceptors (Lipinski definition) is 8. The van der Waals surface area contributed by atoms with Crippen LogP contribution in [-0.4, -0.2) is 75.7 Å². The molecule has 0 spiro atoms. The molecule has 0 amide bonds. The molecule has 178 valence electrons. The van der Waals surface area contributed by atoms with Gasteiger partial charge in [0.2, 0.25) is 5.95 Å². The molecule has 2 aliphatic rings. The van der Waals surface area contributed by atoms with E-state index in [2.05, 4.69) is 57.3 Å². The Hall–Kier alpha value is -2.71. The van der Waals surface area contributed by atoms with Crippen molar-refractivity contribution in [3.8, 4) is 0 Å². The number of piperazine rings is 1. The van der Waals surface area contributed by atoms with Gasteiger partial charge in [-0.05, 0) is 24.0 Å². The number of nitrogens with one attached hydrogen (secondary N) is 1. The zero-order valence-electron chi connectivity index (χ0n) is 20.2. The summed E-state index contributed by atoms with van der Waals surface area (Å²) in [7, 11) is 0. The van der Waals surface area contributed by atoms with E-state index in [0.717, 1.165) is 75.9 Å². The fourth-order valence-corrected chi connectivity index (χ4v) is 4.49. The summed E-state index contributed by atoms with van der Waals surface area (Å²) in [6.45, 7) is 17.5. The van der Waals surface area contributed by atoms with Gasteiger partial charge >= 0.3 is 0 Å². The summed E-state index contributed by atoms with van der Waals surface area (Å²) >= 11 is 0. The highest BCUT2D eigenvalue weighted by atomic mass is 16.3. The Balaban J connectivity index is 1.34. The van der Waals surface area contributed by atoms with Crippen molar-refractivity contribution < 1.29 is 5.11 Å². The van der Waals surface area contributed by atoms with Gasteiger partial charge in [0.1, 0.15) is 5.82 Å². The summed E-state index contributed by atoms with van der Waals surface area (Å²) in [5, 5.41) is 12.4. The quantitative estimate of drug-likeness (QED) is 0.665. The topological polar surface area (TPSA) is 80.7 Å². The van der Waals surface area contributed by atoms with Crippen LogP contribution in [0.25, 0.3) is 0 Å². The maximum atomic E-state index is 9.10. The van der Waals surface area contributed by atoms with E-state index in [1.807, 2.05) is 24.5 Å². The molecule has 0 aromatic carbocycles. The molecule has 2 aromatic rings. The third-order valence-electron chi connectivity index (χ3n) is 6.23. The molecule has 0 unspecified atom stereocenters. The second-order valence-electron chi connectivity index (χ2n) is 10.2. The summed E-state index contributed by atoms with van der Waals surface area (Å²) in [6, 6.07) is 4.07. The van der Waals surface area contributed by atoms with Gasteiger partial charge in [-0.3, -0.25) is 4.90 Å². The molecule has 0 radical (unpaired) electrons. The van der Waals surface area contributed by atoms with Crippen LogP contribution in [0.3, 0.4) is 0 Å². The summed E-state index contributed by atoms with van der Waals surface area (Å²) in [5.41, 5.74) is 4.60. The first-order valence-corrected chi connectivity index (χ1v) is 11.9. The van der Waals surface area contributed by atoms with Gasteiger partial charge < -0.3 is 20.2 Å². The summed E-state index contributed by atoms with van der Waals surface area (Å²) < 4.78 is 0. The molecule has 8 nitrogen and oxygen atoms in total. The molecule has 0 saturated carbocycles. The predicted molar refractivity (Wildman–Crippen MR) is 133 cm³/mol. The van der Waals surface area contributed by atoms with E-state index in [4.69, 9.17) is 10.1 Å². The van der Waals surface area contributed by atoms with Crippen LogP contribution in [0.1, 0.15) is 38.4 Å². The highest BCUT2D eigenvalue weighted by molar-refractivity contribution is 5.55. The molecule has 2 N–H and O–H groups in total. The highest BCUT2D eigenvalue weighted by Crippen LogP contribution is 2.29. The number of rotatable bonds is 7. The van der Waals surface area contributed by atoms with Crippen LogP contribution in [0.15, 0.2) is 36.8 Å². The van der Waals surface area contributed by atoms with Crippen LogP contribution in [0.4, 0.5) is 17.5 Å². The van der Waals surface area contributed by atoms with Crippen molar-refractivity contribution in [2.24, 2.45) is 5.41 Å². The van der Waals surface area contributed by atoms with Gasteiger partial charge in [-0.2, -0.15) is 0 Å². The average molecular weight is 452 g/mol. The number of anilines is 3. The number of hydrogen-bond donors (Lipinski definition) is 2. The van der Waals surface area contributed by atoms with Crippen molar-refractivity contribution in [2.45, 2.75) is 40.2 Å². The Kier molecular flexibility index (Phi) is 7.14. The zero-order valence-corrected chi connectivity index (χ0v) is 20.2. The Labute approximate surface area is 197 Å². The maximum absolute atomic E-state index is 9.10. The minimum absolute atomic E-state index is 0.216. The number of aromatic nitrogens is 3. The van der Waals surface area contributed by atoms with Crippen molar-refractivity contribution in [1.29, 1.82) is 0 Å². The van der Waals surface area contributed by atoms with E-state index in [1.54, 1.807) is 0 Å². The van der Waals surface area contributed by atoms with Crippen LogP contribution in [0, 0.1) is 5.41 Å². The number of fused-ring (bicyclic) bond motifs is 1. The molecule has 8 heteroatoms. The monoisotopic (exact) mass is 451 g/mol. The summed E-state index contributed by atoms with van der Waals surface area (Å²) in [5.74, 6) is 1.59. The van der Waals surface area contributed by atoms with Crippen molar-refractivity contribution >= 4 is 17.5 Å². The van der Waals surface area contributed by atoms with E-state index in [9.17, 15) is 0 Å². The fourth-order valence-electron chi connectivity index (χ4n) is 4.49. The van der Waals surface area contributed by atoms with Crippen molar-refractivity contribution in [1.82, 2.24) is 24.8 Å². The summed E-state index contributed by atoms with van der Waals surface area (Å²) in [6.07, 6.45) is 5.67. The van der Waals surface area contributed by atoms with Gasteiger partial charge in [-0.1, -0.05) is 27.4 Å². The first kappa shape index (κ1) is 23.4. The molecule has 1 fully saturated rings. The van der Waals surface area contributed by atoms with E-state index in [-0.39, 0.29) is 12.0 Å². The van der Waals surface area contributed by atoms with E-state index >= 15 is 0 Å². The third-order valence-corrected chi connectivity index (χ3v) is 6.23. The number of aliphatic hydroxyl groups is 1. The number of allylic oxidation sites excluding steroid dienone is 1. The first-order chi connectivity index (χ1) is 15.8. The lowest BCUT2D eigenvalue weighted by atomic mass is 9.90. The minimum Gasteiger partial charge on any atom is -0.395 e. The smallest absolute Gasteiger partial charge is 0.227 e. The molecule has 4 rings (SSSR count). The van der Waals surface area contributed by atoms with Gasteiger partial charge in [0.15, 0.2) is 0 Å². The molecule has 0 bridgehead atoms. The zero-order chi connectivity index (χ0) is 23.4. The Morgan fingerprint density at radius 2 is 1.88 bits per heavy atom. The first-order valence-electron chi connectivity index (χ1n) is 11.9. The maximum Gasteiger partial charge on any atom is 0.227 e. The molecule has 2 aliphatic heterocycles. The minimum atomic E-state index is 0.216. The van der Waals surface area contributed by atoms with Crippen LogP contribution < -0.4 is 10.2 Å². The second kappa shape index (κ2) is 10.1. The van der Waals surface area contributed by atoms with E-state index in [1.165, 1.54) is 11.3 Å². The van der Waals surface area contributed by atoms with Crippen LogP contribution in [-0.2, 0) is 13.0 Å². The molecular formula is C25H37N7O. The van der Waals surface area contributed by atoms with E-state index in [0.29, 0.717) is 5.95 Å². The Morgan fingerprint density at radius 1 is 1.09 bits per heavy atom. The third kappa shape index (κ3) is 6.21. The van der Waals surface area contributed by atoms with Crippen molar-refractivity contribution in [2.75, 3.05) is 56.1 Å². The largest absolute Gasteiger partial charge is 0.395 e. The lowest BCUT2D eigenvalue weighted by Gasteiger charge is -2.35. The molecule has 4 heterocycles. The summed E-state index contributed by atoms with van der Waals surface area (Å²) in [4.78, 5) is 20.9. The van der Waals surface area contributed by atoms with Crippen molar-refractivity contribution in [3.63, 3.8) is 0 Å². The van der Waals surface area contributed by atoms with Gasteiger partial charge in [0.05, 0.1) is 24.2 Å². The molecule has 1 saturated heterocycles. The Bertz CT molecular complexity index is 946. The number of β-amino-alcohol motifs (C(OH)–C–C–N with tert-alkyl or cyclic N) is 1. The Morgan fingerprint density at radius 3 is 2.55 bits per heavy atom. The molecule has 33 heavy (non-hydrogen) atoms. The fraction of sp³-hybridized carbons (Fsp3) is 0.560. The van der Waals surface area contributed by atoms with Gasteiger partial charge in [0.25, 0.3) is 0 Å². The van der Waals surface area contributed by atoms with Crippen LogP contribution in [0.2, 0.25) is 0 Å². The van der Waals surface area contributed by atoms with Gasteiger partial charge in [-0.15, -0.1) is 0 Å². The number of pyridine rings is 1. The van der Waals surface area contributed by atoms with Crippen LogP contribution in [0.5, 0.6) is 0 Å². The molecule has 0 aliphatic carbocycles. The lowest BCUT2D eigenvalue weighted by Crippen LogP contribution is -2.47. The standard InChI is InChI=1S/C25H37N7O/c1-19(15-25(2,3)4)32-8-7-22-20(18-32)16-27-24(29-22)28-21-5-6-23(26-17-21)31-11-9-30(10-12-31)13-14-33/h5-6,16-17,33H,1,7-15,18H2,2-4H3,(H,27,28,29).